The van der Waals surface area contributed by atoms with Crippen LogP contribution in [0.1, 0.15) is 33.1 Å². The molecule has 1 saturated carbocycles. The molecule has 1 aliphatic carbocycles. The van der Waals surface area contributed by atoms with Crippen molar-refractivity contribution in [3.05, 3.63) is 0 Å². The van der Waals surface area contributed by atoms with E-state index in [2.05, 4.69) is 31.1 Å². The van der Waals surface area contributed by atoms with Gasteiger partial charge in [-0.1, -0.05) is 0 Å². The number of ether oxygens (including phenoxy) is 1. The van der Waals surface area contributed by atoms with E-state index in [0.717, 1.165) is 38.1 Å². The Hall–Kier alpha value is -0.120. The van der Waals surface area contributed by atoms with E-state index in [9.17, 15) is 0 Å². The molecule has 0 radical (unpaired) electrons. The van der Waals surface area contributed by atoms with Gasteiger partial charge in [-0.05, 0) is 52.6 Å². The van der Waals surface area contributed by atoms with Gasteiger partial charge in [-0.2, -0.15) is 0 Å². The van der Waals surface area contributed by atoms with Gasteiger partial charge in [0.05, 0.1) is 0 Å². The molecule has 96 valence electrons. The molecule has 0 saturated heterocycles. The number of hydrogen-bond donors (Lipinski definition) is 1. The average molecular weight is 228 g/mol. The van der Waals surface area contributed by atoms with Crippen LogP contribution >= 0.6 is 0 Å². The Morgan fingerprint density at radius 2 is 2.06 bits per heavy atom. The maximum absolute atomic E-state index is 5.02. The first-order valence-corrected chi connectivity index (χ1v) is 6.58. The summed E-state index contributed by atoms with van der Waals surface area (Å²) in [5.41, 5.74) is 0. The minimum Gasteiger partial charge on any atom is -0.385 e. The van der Waals surface area contributed by atoms with E-state index in [1.807, 2.05) is 0 Å². The molecule has 0 bridgehead atoms. The van der Waals surface area contributed by atoms with Crippen LogP contribution in [0.3, 0.4) is 0 Å². The second-order valence-corrected chi connectivity index (χ2v) is 5.14. The lowest BCUT2D eigenvalue weighted by molar-refractivity contribution is 0.170. The highest BCUT2D eigenvalue weighted by molar-refractivity contribution is 4.86. The molecular weight excluding hydrogens is 200 g/mol. The zero-order valence-corrected chi connectivity index (χ0v) is 11.3. The summed E-state index contributed by atoms with van der Waals surface area (Å²) in [6, 6.07) is 1.37. The van der Waals surface area contributed by atoms with Gasteiger partial charge < -0.3 is 10.1 Å². The second-order valence-electron chi connectivity index (χ2n) is 5.14. The summed E-state index contributed by atoms with van der Waals surface area (Å²) < 4.78 is 5.02. The number of hydrogen-bond acceptors (Lipinski definition) is 3. The normalized spacial score (nSPS) is 20.1. The molecular formula is C13H28N2O. The van der Waals surface area contributed by atoms with Crippen LogP contribution < -0.4 is 5.32 Å². The first-order valence-electron chi connectivity index (χ1n) is 6.58. The topological polar surface area (TPSA) is 24.5 Å². The summed E-state index contributed by atoms with van der Waals surface area (Å²) in [5, 5.41) is 3.49. The number of rotatable bonds is 9. The van der Waals surface area contributed by atoms with E-state index < -0.39 is 0 Å². The van der Waals surface area contributed by atoms with E-state index in [0.29, 0.717) is 6.04 Å². The fourth-order valence-corrected chi connectivity index (χ4v) is 2.11. The van der Waals surface area contributed by atoms with Gasteiger partial charge in [-0.3, -0.25) is 4.90 Å². The molecule has 1 N–H and O–H groups in total. The average Bonchev–Trinajstić information content (AvgIpc) is 3.10. The van der Waals surface area contributed by atoms with Crippen LogP contribution in [-0.2, 0) is 4.74 Å². The SMILES string of the molecule is COCCCNCC(C)N(C)C(C)C1CC1. The lowest BCUT2D eigenvalue weighted by atomic mass is 10.1. The Kier molecular flexibility index (Phi) is 6.32. The standard InChI is InChI=1S/C13H28N2O/c1-11(10-14-8-5-9-16-4)15(3)12(2)13-6-7-13/h11-14H,5-10H2,1-4H3. The molecule has 0 aromatic rings. The summed E-state index contributed by atoms with van der Waals surface area (Å²) >= 11 is 0. The minimum atomic E-state index is 0.623. The smallest absolute Gasteiger partial charge is 0.0474 e. The van der Waals surface area contributed by atoms with E-state index in [1.54, 1.807) is 7.11 Å². The Labute approximate surface area is 101 Å². The largest absolute Gasteiger partial charge is 0.385 e. The van der Waals surface area contributed by atoms with E-state index in [4.69, 9.17) is 4.74 Å². The van der Waals surface area contributed by atoms with Crippen LogP contribution in [0.5, 0.6) is 0 Å². The first kappa shape index (κ1) is 13.9. The van der Waals surface area contributed by atoms with Crippen LogP contribution in [0.4, 0.5) is 0 Å². The third-order valence-electron chi connectivity index (χ3n) is 3.78. The molecule has 3 nitrogen and oxygen atoms in total. The summed E-state index contributed by atoms with van der Waals surface area (Å²) in [5.74, 6) is 0.959. The van der Waals surface area contributed by atoms with Crippen molar-refractivity contribution in [3.63, 3.8) is 0 Å². The summed E-state index contributed by atoms with van der Waals surface area (Å²) in [4.78, 5) is 2.51. The maximum atomic E-state index is 5.02. The van der Waals surface area contributed by atoms with E-state index in [1.165, 1.54) is 12.8 Å². The third kappa shape index (κ3) is 4.81. The van der Waals surface area contributed by atoms with Gasteiger partial charge in [-0.15, -0.1) is 0 Å². The van der Waals surface area contributed by atoms with Crippen LogP contribution in [-0.4, -0.2) is 50.8 Å². The number of likely N-dealkylation sites (N-methyl/N-ethyl adjacent to an activating group) is 1. The molecule has 2 atom stereocenters. The fraction of sp³-hybridized carbons (Fsp3) is 1.00. The van der Waals surface area contributed by atoms with Crippen molar-refractivity contribution in [1.29, 1.82) is 0 Å². The predicted octanol–water partition coefficient (Wildman–Crippen LogP) is 1.73. The highest BCUT2D eigenvalue weighted by atomic mass is 16.5. The molecule has 0 amide bonds. The Balaban J connectivity index is 2.06. The molecule has 0 aromatic heterocycles. The Bertz CT molecular complexity index is 183. The lowest BCUT2D eigenvalue weighted by Gasteiger charge is -2.31. The molecule has 2 unspecified atom stereocenters. The second kappa shape index (κ2) is 7.25. The van der Waals surface area contributed by atoms with Gasteiger partial charge in [0.2, 0.25) is 0 Å². The summed E-state index contributed by atoms with van der Waals surface area (Å²) in [6.45, 7) is 7.66. The molecule has 1 fully saturated rings. The summed E-state index contributed by atoms with van der Waals surface area (Å²) in [6.07, 6.45) is 3.96. The molecule has 16 heavy (non-hydrogen) atoms. The number of nitrogens with one attached hydrogen (secondary N) is 1. The molecule has 1 rings (SSSR count). The molecule has 3 heteroatoms. The fourth-order valence-electron chi connectivity index (χ4n) is 2.11. The molecule has 0 heterocycles. The number of methoxy groups -OCH3 is 1. The highest BCUT2D eigenvalue weighted by Gasteiger charge is 2.31. The van der Waals surface area contributed by atoms with Gasteiger partial charge in [0.25, 0.3) is 0 Å². The van der Waals surface area contributed by atoms with Crippen molar-refractivity contribution in [1.82, 2.24) is 10.2 Å². The number of nitrogens with zero attached hydrogens (tertiary/aromatic N) is 1. The van der Waals surface area contributed by atoms with E-state index >= 15 is 0 Å². The van der Waals surface area contributed by atoms with Crippen LogP contribution in [0.15, 0.2) is 0 Å². The minimum absolute atomic E-state index is 0.623. The molecule has 0 aliphatic heterocycles. The van der Waals surface area contributed by atoms with Gasteiger partial charge >= 0.3 is 0 Å². The first-order chi connectivity index (χ1) is 7.66. The maximum Gasteiger partial charge on any atom is 0.0474 e. The van der Waals surface area contributed by atoms with Crippen LogP contribution in [0.2, 0.25) is 0 Å². The quantitative estimate of drug-likeness (QED) is 0.608. The third-order valence-corrected chi connectivity index (χ3v) is 3.78. The van der Waals surface area contributed by atoms with Crippen molar-refractivity contribution in [2.24, 2.45) is 5.92 Å². The van der Waals surface area contributed by atoms with Crippen molar-refractivity contribution in [2.45, 2.75) is 45.2 Å². The Morgan fingerprint density at radius 1 is 1.38 bits per heavy atom. The zero-order valence-electron chi connectivity index (χ0n) is 11.3. The van der Waals surface area contributed by atoms with Gasteiger partial charge in [0.15, 0.2) is 0 Å². The van der Waals surface area contributed by atoms with Gasteiger partial charge in [-0.25, -0.2) is 0 Å². The molecule has 0 aromatic carbocycles. The van der Waals surface area contributed by atoms with Crippen LogP contribution in [0, 0.1) is 5.92 Å². The van der Waals surface area contributed by atoms with Crippen LogP contribution in [0.25, 0.3) is 0 Å². The van der Waals surface area contributed by atoms with Crippen molar-refractivity contribution in [3.8, 4) is 0 Å². The predicted molar refractivity (Wildman–Crippen MR) is 68.8 cm³/mol. The highest BCUT2D eigenvalue weighted by Crippen LogP contribution is 2.35. The molecule has 0 spiro atoms. The van der Waals surface area contributed by atoms with Crippen molar-refractivity contribution >= 4 is 0 Å². The Morgan fingerprint density at radius 3 is 2.62 bits per heavy atom. The van der Waals surface area contributed by atoms with Gasteiger partial charge in [0, 0.05) is 32.3 Å². The lowest BCUT2D eigenvalue weighted by Crippen LogP contribution is -2.43. The summed E-state index contributed by atoms with van der Waals surface area (Å²) in [7, 11) is 4.01. The van der Waals surface area contributed by atoms with Gasteiger partial charge in [0.1, 0.15) is 0 Å². The molecule has 1 aliphatic rings. The van der Waals surface area contributed by atoms with Crippen molar-refractivity contribution < 1.29 is 4.74 Å². The monoisotopic (exact) mass is 228 g/mol. The van der Waals surface area contributed by atoms with E-state index in [-0.39, 0.29) is 0 Å². The zero-order chi connectivity index (χ0) is 12.0. The van der Waals surface area contributed by atoms with Crippen molar-refractivity contribution in [2.75, 3.05) is 33.9 Å².